The smallest absolute Gasteiger partial charge is 0.261 e. The second-order valence-corrected chi connectivity index (χ2v) is 4.24. The first-order chi connectivity index (χ1) is 7.99. The van der Waals surface area contributed by atoms with Crippen molar-refractivity contribution in [1.29, 1.82) is 0 Å². The van der Waals surface area contributed by atoms with Crippen LogP contribution in [0.5, 0.6) is 0 Å². The molecule has 3 nitrogen and oxygen atoms in total. The number of rotatable bonds is 7. The first kappa shape index (κ1) is 14.1. The molecule has 1 N–H and O–H groups in total. The molecule has 0 radical (unpaired) electrons. The van der Waals surface area contributed by atoms with Gasteiger partial charge >= 0.3 is 0 Å². The van der Waals surface area contributed by atoms with E-state index in [1.165, 1.54) is 0 Å². The minimum Gasteiger partial charge on any atom is -0.464 e. The van der Waals surface area contributed by atoms with Crippen LogP contribution in [0.15, 0.2) is 10.5 Å². The maximum atomic E-state index is 11.9. The lowest BCUT2D eigenvalue weighted by Gasteiger charge is -2.05. The number of halogens is 2. The second-order valence-electron chi connectivity index (χ2n) is 4.24. The van der Waals surface area contributed by atoms with Gasteiger partial charge in [-0.05, 0) is 13.0 Å². The molecule has 0 unspecified atom stereocenters. The van der Waals surface area contributed by atoms with Gasteiger partial charge in [0.15, 0.2) is 0 Å². The average molecular weight is 247 g/mol. The number of furan rings is 1. The molecule has 0 spiro atoms. The fourth-order valence-corrected chi connectivity index (χ4v) is 1.40. The third kappa shape index (κ3) is 5.28. The van der Waals surface area contributed by atoms with Crippen molar-refractivity contribution < 1.29 is 17.9 Å². The third-order valence-corrected chi connectivity index (χ3v) is 2.26. The summed E-state index contributed by atoms with van der Waals surface area (Å²) in [4.78, 5) is 0. The van der Waals surface area contributed by atoms with Gasteiger partial charge in [-0.15, -0.1) is 0 Å². The monoisotopic (exact) mass is 247 g/mol. The van der Waals surface area contributed by atoms with Crippen LogP contribution < -0.4 is 5.32 Å². The van der Waals surface area contributed by atoms with Gasteiger partial charge in [-0.25, -0.2) is 8.78 Å². The molecule has 0 fully saturated rings. The Bertz CT molecular complexity index is 337. The molecule has 1 aromatic rings. The number of aryl methyl sites for hydroxylation is 1. The van der Waals surface area contributed by atoms with E-state index >= 15 is 0 Å². The van der Waals surface area contributed by atoms with Crippen LogP contribution in [0.1, 0.15) is 30.9 Å². The standard InChI is InChI=1S/C12H19F2NO2/c1-8(2)15-5-10-4-11(17-9(10)3)6-16-7-12(13)14/h4,8,12,15H,5-7H2,1-3H3. The van der Waals surface area contributed by atoms with E-state index in [4.69, 9.17) is 9.15 Å². The fraction of sp³-hybridized carbons (Fsp3) is 0.667. The maximum absolute atomic E-state index is 11.9. The zero-order chi connectivity index (χ0) is 12.8. The first-order valence-corrected chi connectivity index (χ1v) is 5.66. The molecule has 0 aliphatic rings. The number of ether oxygens (including phenoxy) is 1. The van der Waals surface area contributed by atoms with Gasteiger partial charge in [0, 0.05) is 18.2 Å². The Labute approximate surface area is 100 Å². The van der Waals surface area contributed by atoms with Crippen LogP contribution in [0, 0.1) is 6.92 Å². The van der Waals surface area contributed by atoms with E-state index in [-0.39, 0.29) is 6.61 Å². The van der Waals surface area contributed by atoms with Gasteiger partial charge in [0.1, 0.15) is 24.7 Å². The van der Waals surface area contributed by atoms with Crippen molar-refractivity contribution in [3.63, 3.8) is 0 Å². The summed E-state index contributed by atoms with van der Waals surface area (Å²) >= 11 is 0. The zero-order valence-electron chi connectivity index (χ0n) is 10.4. The molecular weight excluding hydrogens is 228 g/mol. The Balaban J connectivity index is 2.44. The summed E-state index contributed by atoms with van der Waals surface area (Å²) < 4.78 is 34.0. The number of nitrogens with one attached hydrogen (secondary N) is 1. The predicted octanol–water partition coefficient (Wildman–Crippen LogP) is 2.87. The molecule has 0 bridgehead atoms. The highest BCUT2D eigenvalue weighted by molar-refractivity contribution is 5.20. The Morgan fingerprint density at radius 2 is 2.12 bits per heavy atom. The molecule has 0 aliphatic heterocycles. The lowest BCUT2D eigenvalue weighted by Crippen LogP contribution is -2.21. The molecule has 0 saturated carbocycles. The Morgan fingerprint density at radius 1 is 1.41 bits per heavy atom. The molecule has 5 heteroatoms. The molecule has 0 aromatic carbocycles. The van der Waals surface area contributed by atoms with Gasteiger partial charge in [-0.1, -0.05) is 13.8 Å². The van der Waals surface area contributed by atoms with Crippen molar-refractivity contribution in [2.75, 3.05) is 6.61 Å². The SMILES string of the molecule is Cc1oc(COCC(F)F)cc1CNC(C)C. The number of hydrogen-bond donors (Lipinski definition) is 1. The normalized spacial score (nSPS) is 11.7. The molecule has 0 saturated heterocycles. The largest absolute Gasteiger partial charge is 0.464 e. The molecule has 1 rings (SSSR count). The highest BCUT2D eigenvalue weighted by Gasteiger charge is 2.09. The minimum absolute atomic E-state index is 0.0901. The third-order valence-electron chi connectivity index (χ3n) is 2.26. The number of alkyl halides is 2. The molecule has 17 heavy (non-hydrogen) atoms. The quantitative estimate of drug-likeness (QED) is 0.804. The molecule has 0 atom stereocenters. The van der Waals surface area contributed by atoms with Crippen LogP contribution in [0.2, 0.25) is 0 Å². The second kappa shape index (κ2) is 6.71. The lowest BCUT2D eigenvalue weighted by atomic mass is 10.2. The lowest BCUT2D eigenvalue weighted by molar-refractivity contribution is 0.00437. The molecule has 98 valence electrons. The average Bonchev–Trinajstić information content (AvgIpc) is 2.55. The van der Waals surface area contributed by atoms with E-state index in [1.807, 2.05) is 13.0 Å². The van der Waals surface area contributed by atoms with Crippen LogP contribution in [0.4, 0.5) is 8.78 Å². The van der Waals surface area contributed by atoms with Gasteiger partial charge in [0.2, 0.25) is 0 Å². The maximum Gasteiger partial charge on any atom is 0.261 e. The van der Waals surface area contributed by atoms with Crippen LogP contribution in [-0.4, -0.2) is 19.1 Å². The summed E-state index contributed by atoms with van der Waals surface area (Å²) in [6.45, 7) is 6.21. The van der Waals surface area contributed by atoms with Crippen molar-refractivity contribution >= 4 is 0 Å². The summed E-state index contributed by atoms with van der Waals surface area (Å²) in [6.07, 6.45) is -2.44. The van der Waals surface area contributed by atoms with Gasteiger partial charge in [0.25, 0.3) is 6.43 Å². The highest BCUT2D eigenvalue weighted by Crippen LogP contribution is 2.15. The zero-order valence-corrected chi connectivity index (χ0v) is 10.4. The summed E-state index contributed by atoms with van der Waals surface area (Å²) in [5.41, 5.74) is 1.04. The molecule has 1 aromatic heterocycles. The molecular formula is C12H19F2NO2. The fourth-order valence-electron chi connectivity index (χ4n) is 1.40. The van der Waals surface area contributed by atoms with Gasteiger partial charge in [-0.3, -0.25) is 0 Å². The summed E-state index contributed by atoms with van der Waals surface area (Å²) in [5, 5.41) is 3.27. The Morgan fingerprint density at radius 3 is 2.71 bits per heavy atom. The van der Waals surface area contributed by atoms with Crippen LogP contribution in [-0.2, 0) is 17.9 Å². The van der Waals surface area contributed by atoms with Gasteiger partial charge < -0.3 is 14.5 Å². The van der Waals surface area contributed by atoms with E-state index in [2.05, 4.69) is 19.2 Å². The molecule has 0 aliphatic carbocycles. The Hall–Kier alpha value is -0.940. The van der Waals surface area contributed by atoms with Crippen molar-refractivity contribution in [2.24, 2.45) is 0 Å². The molecule has 0 amide bonds. The van der Waals surface area contributed by atoms with E-state index in [9.17, 15) is 8.78 Å². The van der Waals surface area contributed by atoms with Gasteiger partial charge in [0.05, 0.1) is 0 Å². The van der Waals surface area contributed by atoms with Crippen LogP contribution >= 0.6 is 0 Å². The van der Waals surface area contributed by atoms with Crippen molar-refractivity contribution in [3.05, 3.63) is 23.2 Å². The van der Waals surface area contributed by atoms with Crippen molar-refractivity contribution in [1.82, 2.24) is 5.32 Å². The summed E-state index contributed by atoms with van der Waals surface area (Å²) in [7, 11) is 0. The van der Waals surface area contributed by atoms with E-state index in [1.54, 1.807) is 0 Å². The topological polar surface area (TPSA) is 34.4 Å². The van der Waals surface area contributed by atoms with Crippen molar-refractivity contribution in [2.45, 2.75) is 46.4 Å². The van der Waals surface area contributed by atoms with E-state index in [0.717, 1.165) is 11.3 Å². The van der Waals surface area contributed by atoms with Gasteiger partial charge in [-0.2, -0.15) is 0 Å². The Kier molecular flexibility index (Phi) is 5.58. The van der Waals surface area contributed by atoms with E-state index < -0.39 is 13.0 Å². The summed E-state index contributed by atoms with van der Waals surface area (Å²) in [6, 6.07) is 2.23. The predicted molar refractivity (Wildman–Crippen MR) is 61.1 cm³/mol. The van der Waals surface area contributed by atoms with Crippen molar-refractivity contribution in [3.8, 4) is 0 Å². The number of hydrogen-bond acceptors (Lipinski definition) is 3. The summed E-state index contributed by atoms with van der Waals surface area (Å²) in [5.74, 6) is 1.39. The first-order valence-electron chi connectivity index (χ1n) is 5.66. The van der Waals surface area contributed by atoms with Crippen LogP contribution in [0.25, 0.3) is 0 Å². The highest BCUT2D eigenvalue weighted by atomic mass is 19.3. The van der Waals surface area contributed by atoms with E-state index in [0.29, 0.717) is 18.3 Å². The molecule has 1 heterocycles. The minimum atomic E-state index is -2.44. The van der Waals surface area contributed by atoms with Crippen LogP contribution in [0.3, 0.4) is 0 Å².